The van der Waals surface area contributed by atoms with Crippen LogP contribution < -0.4 is 0 Å². The minimum Gasteiger partial charge on any atom is -0.459 e. The van der Waals surface area contributed by atoms with Crippen molar-refractivity contribution in [1.29, 1.82) is 0 Å². The van der Waals surface area contributed by atoms with Crippen LogP contribution in [0.4, 0.5) is 0 Å². The van der Waals surface area contributed by atoms with E-state index in [1.807, 2.05) is 29.0 Å². The second-order valence-corrected chi connectivity index (χ2v) is 6.47. The van der Waals surface area contributed by atoms with Crippen LogP contribution in [0.25, 0.3) is 0 Å². The zero-order valence-corrected chi connectivity index (χ0v) is 13.8. The van der Waals surface area contributed by atoms with Crippen molar-refractivity contribution in [1.82, 2.24) is 19.4 Å². The summed E-state index contributed by atoms with van der Waals surface area (Å²) in [5.74, 6) is 0.361. The highest BCUT2D eigenvalue weighted by molar-refractivity contribution is 5.91. The predicted molar refractivity (Wildman–Crippen MR) is 86.4 cm³/mol. The SMILES string of the molecule is Cn1cncc1CN1CC[C@H]2OCCN(C(=O)c3ccco3)[C@@H]2C1. The van der Waals surface area contributed by atoms with Crippen molar-refractivity contribution in [3.63, 3.8) is 0 Å². The second kappa shape index (κ2) is 6.41. The minimum atomic E-state index is -0.0410. The number of imidazole rings is 1. The molecule has 2 aliphatic rings. The quantitative estimate of drug-likeness (QED) is 0.844. The molecule has 1 amide bonds. The molecule has 0 spiro atoms. The number of nitrogens with zero attached hydrogens (tertiary/aromatic N) is 4. The number of piperidine rings is 1. The lowest BCUT2D eigenvalue weighted by Crippen LogP contribution is -2.61. The topological polar surface area (TPSA) is 63.7 Å². The number of aromatic nitrogens is 2. The maximum absolute atomic E-state index is 12.7. The summed E-state index contributed by atoms with van der Waals surface area (Å²) in [5, 5.41) is 0. The first-order valence-electron chi connectivity index (χ1n) is 8.36. The van der Waals surface area contributed by atoms with Gasteiger partial charge >= 0.3 is 0 Å². The number of likely N-dealkylation sites (tertiary alicyclic amines) is 1. The number of amides is 1. The number of carbonyl (C=O) groups excluding carboxylic acids is 1. The Morgan fingerprint density at radius 2 is 2.33 bits per heavy atom. The van der Waals surface area contributed by atoms with Crippen LogP contribution in [-0.4, -0.2) is 63.6 Å². The van der Waals surface area contributed by atoms with Gasteiger partial charge < -0.3 is 18.6 Å². The third-order valence-electron chi connectivity index (χ3n) is 4.96. The number of hydrogen-bond donors (Lipinski definition) is 0. The summed E-state index contributed by atoms with van der Waals surface area (Å²) in [7, 11) is 2.01. The zero-order chi connectivity index (χ0) is 16.5. The van der Waals surface area contributed by atoms with E-state index >= 15 is 0 Å². The van der Waals surface area contributed by atoms with Crippen molar-refractivity contribution in [3.8, 4) is 0 Å². The molecule has 128 valence electrons. The Kier molecular flexibility index (Phi) is 4.12. The number of morpholine rings is 1. The van der Waals surface area contributed by atoms with Crippen LogP contribution in [-0.2, 0) is 18.3 Å². The van der Waals surface area contributed by atoms with E-state index in [0.29, 0.717) is 18.9 Å². The van der Waals surface area contributed by atoms with E-state index in [9.17, 15) is 4.79 Å². The molecule has 2 fully saturated rings. The van der Waals surface area contributed by atoms with E-state index in [0.717, 1.165) is 26.1 Å². The fourth-order valence-corrected chi connectivity index (χ4v) is 3.64. The molecule has 0 bridgehead atoms. The summed E-state index contributed by atoms with van der Waals surface area (Å²) < 4.78 is 13.3. The van der Waals surface area contributed by atoms with Gasteiger partial charge in [-0.15, -0.1) is 0 Å². The van der Waals surface area contributed by atoms with Crippen LogP contribution >= 0.6 is 0 Å². The molecule has 7 heteroatoms. The third kappa shape index (κ3) is 2.85. The number of aryl methyl sites for hydroxylation is 1. The average molecular weight is 330 g/mol. The summed E-state index contributed by atoms with van der Waals surface area (Å²) >= 11 is 0. The van der Waals surface area contributed by atoms with Crippen molar-refractivity contribution in [3.05, 3.63) is 42.4 Å². The zero-order valence-electron chi connectivity index (χ0n) is 13.8. The Labute approximate surface area is 140 Å². The molecule has 4 rings (SSSR count). The Balaban J connectivity index is 1.49. The standard InChI is InChI=1S/C17H22N4O3/c1-19-12-18-9-13(19)10-20-5-4-15-14(11-20)21(6-8-24-15)17(22)16-3-2-7-23-16/h2-3,7,9,12,14-15H,4-6,8,10-11H2,1H3/t14-,15-/m1/s1. The number of hydrogen-bond acceptors (Lipinski definition) is 5. The van der Waals surface area contributed by atoms with Crippen molar-refractivity contribution < 1.29 is 13.9 Å². The summed E-state index contributed by atoms with van der Waals surface area (Å²) in [6.07, 6.45) is 6.30. The van der Waals surface area contributed by atoms with Gasteiger partial charge in [-0.3, -0.25) is 9.69 Å². The van der Waals surface area contributed by atoms with Gasteiger partial charge in [0.25, 0.3) is 5.91 Å². The van der Waals surface area contributed by atoms with Gasteiger partial charge in [0.15, 0.2) is 5.76 Å². The maximum Gasteiger partial charge on any atom is 0.290 e. The molecule has 24 heavy (non-hydrogen) atoms. The van der Waals surface area contributed by atoms with Crippen LogP contribution in [0.1, 0.15) is 22.7 Å². The van der Waals surface area contributed by atoms with E-state index in [2.05, 4.69) is 9.88 Å². The van der Waals surface area contributed by atoms with E-state index < -0.39 is 0 Å². The molecule has 0 aliphatic carbocycles. The fourth-order valence-electron chi connectivity index (χ4n) is 3.64. The third-order valence-corrected chi connectivity index (χ3v) is 4.96. The highest BCUT2D eigenvalue weighted by atomic mass is 16.5. The van der Waals surface area contributed by atoms with E-state index in [-0.39, 0.29) is 18.1 Å². The first kappa shape index (κ1) is 15.4. The predicted octanol–water partition coefficient (Wildman–Crippen LogP) is 1.13. The van der Waals surface area contributed by atoms with Crippen molar-refractivity contribution >= 4 is 5.91 Å². The van der Waals surface area contributed by atoms with E-state index in [1.165, 1.54) is 5.69 Å². The lowest BCUT2D eigenvalue weighted by atomic mass is 9.98. The number of furan rings is 1. The van der Waals surface area contributed by atoms with Crippen LogP contribution in [0.3, 0.4) is 0 Å². The molecule has 2 saturated heterocycles. The molecule has 4 heterocycles. The van der Waals surface area contributed by atoms with Crippen molar-refractivity contribution in [2.45, 2.75) is 25.1 Å². The highest BCUT2D eigenvalue weighted by Gasteiger charge is 2.40. The van der Waals surface area contributed by atoms with Crippen LogP contribution in [0, 0.1) is 0 Å². The van der Waals surface area contributed by atoms with E-state index in [1.54, 1.807) is 18.4 Å². The normalized spacial score (nSPS) is 24.8. The maximum atomic E-state index is 12.7. The monoisotopic (exact) mass is 330 g/mol. The van der Waals surface area contributed by atoms with Gasteiger partial charge in [-0.05, 0) is 18.6 Å². The Hall–Kier alpha value is -2.12. The van der Waals surface area contributed by atoms with Gasteiger partial charge in [0.1, 0.15) is 0 Å². The minimum absolute atomic E-state index is 0.0410. The number of ether oxygens (including phenoxy) is 1. The van der Waals surface area contributed by atoms with Crippen LogP contribution in [0.5, 0.6) is 0 Å². The van der Waals surface area contributed by atoms with Crippen LogP contribution in [0.2, 0.25) is 0 Å². The van der Waals surface area contributed by atoms with Crippen molar-refractivity contribution in [2.24, 2.45) is 7.05 Å². The van der Waals surface area contributed by atoms with Crippen LogP contribution in [0.15, 0.2) is 35.3 Å². The van der Waals surface area contributed by atoms with Crippen molar-refractivity contribution in [2.75, 3.05) is 26.2 Å². The molecule has 0 radical (unpaired) electrons. The van der Waals surface area contributed by atoms with Gasteiger partial charge in [0.2, 0.25) is 0 Å². The molecule has 0 saturated carbocycles. The summed E-state index contributed by atoms with van der Waals surface area (Å²) in [6.45, 7) is 3.82. The van der Waals surface area contributed by atoms with Gasteiger partial charge in [0, 0.05) is 39.4 Å². The molecular weight excluding hydrogens is 308 g/mol. The first-order valence-corrected chi connectivity index (χ1v) is 8.36. The van der Waals surface area contributed by atoms with Gasteiger partial charge in [-0.2, -0.15) is 0 Å². The molecular formula is C17H22N4O3. The molecule has 0 N–H and O–H groups in total. The molecule has 7 nitrogen and oxygen atoms in total. The Morgan fingerprint density at radius 1 is 1.42 bits per heavy atom. The number of carbonyl (C=O) groups is 1. The lowest BCUT2D eigenvalue weighted by molar-refractivity contribution is -0.0921. The molecule has 2 aromatic heterocycles. The highest BCUT2D eigenvalue weighted by Crippen LogP contribution is 2.25. The second-order valence-electron chi connectivity index (χ2n) is 6.47. The average Bonchev–Trinajstić information content (AvgIpc) is 3.26. The molecule has 2 atom stereocenters. The molecule has 2 aromatic rings. The smallest absolute Gasteiger partial charge is 0.290 e. The van der Waals surface area contributed by atoms with Gasteiger partial charge in [0.05, 0.1) is 37.0 Å². The molecule has 2 aliphatic heterocycles. The molecule has 0 unspecified atom stereocenters. The van der Waals surface area contributed by atoms with Gasteiger partial charge in [-0.25, -0.2) is 4.98 Å². The Bertz CT molecular complexity index is 697. The Morgan fingerprint density at radius 3 is 3.08 bits per heavy atom. The lowest BCUT2D eigenvalue weighted by Gasteiger charge is -2.46. The largest absolute Gasteiger partial charge is 0.459 e. The fraction of sp³-hybridized carbons (Fsp3) is 0.529. The first-order chi connectivity index (χ1) is 11.7. The number of fused-ring (bicyclic) bond motifs is 1. The van der Waals surface area contributed by atoms with E-state index in [4.69, 9.17) is 9.15 Å². The van der Waals surface area contributed by atoms with Gasteiger partial charge in [-0.1, -0.05) is 0 Å². The molecule has 0 aromatic carbocycles. The summed E-state index contributed by atoms with van der Waals surface area (Å²) in [6, 6.07) is 3.54. The number of rotatable bonds is 3. The summed E-state index contributed by atoms with van der Waals surface area (Å²) in [4.78, 5) is 21.2. The summed E-state index contributed by atoms with van der Waals surface area (Å²) in [5.41, 5.74) is 1.18.